The lowest BCUT2D eigenvalue weighted by Crippen LogP contribution is -2.34. The molecular formula is C27H37N3O4. The van der Waals surface area contributed by atoms with E-state index in [1.807, 2.05) is 12.1 Å². The number of carbonyl (C=O) groups excluding carboxylic acids is 2. The standard InChI is InChI=1S/C27H37N3O4/c1-26(2,3)18-12-15(13-19(23(18)32)27(4,5)6)10-11-22(31)29-20-8-7-9-21-16(20)14-17(24(28)33)25(34)30-21/h12-14,20,32H,7-11H2,1-6H3,(H2,28,33)(H,29,31)(H,30,34). The number of H-pyrrole nitrogens is 1. The Kier molecular flexibility index (Phi) is 6.97. The van der Waals surface area contributed by atoms with Crippen LogP contribution in [0.2, 0.25) is 0 Å². The van der Waals surface area contributed by atoms with Gasteiger partial charge < -0.3 is 21.1 Å². The van der Waals surface area contributed by atoms with Crippen LogP contribution in [0.1, 0.15) is 105 Å². The van der Waals surface area contributed by atoms with Gasteiger partial charge >= 0.3 is 0 Å². The summed E-state index contributed by atoms with van der Waals surface area (Å²) in [7, 11) is 0. The summed E-state index contributed by atoms with van der Waals surface area (Å²) in [5, 5.41) is 14.0. The number of aryl methyl sites for hydroxylation is 2. The molecule has 0 spiro atoms. The second-order valence-electron chi connectivity index (χ2n) is 11.4. The summed E-state index contributed by atoms with van der Waals surface area (Å²) in [6.07, 6.45) is 3.07. The molecule has 0 saturated carbocycles. The first-order chi connectivity index (χ1) is 15.7. The summed E-state index contributed by atoms with van der Waals surface area (Å²) < 4.78 is 0. The number of amides is 2. The molecule has 0 bridgehead atoms. The lowest BCUT2D eigenvalue weighted by molar-refractivity contribution is -0.121. The van der Waals surface area contributed by atoms with E-state index in [4.69, 9.17) is 5.73 Å². The van der Waals surface area contributed by atoms with Crippen LogP contribution in [0.4, 0.5) is 0 Å². The van der Waals surface area contributed by atoms with Crippen LogP contribution in [-0.2, 0) is 28.5 Å². The molecular weight excluding hydrogens is 430 g/mol. The van der Waals surface area contributed by atoms with Gasteiger partial charge in [-0.05, 0) is 64.8 Å². The molecule has 0 fully saturated rings. The van der Waals surface area contributed by atoms with Gasteiger partial charge in [0.15, 0.2) is 0 Å². The molecule has 1 heterocycles. The number of aromatic nitrogens is 1. The van der Waals surface area contributed by atoms with Gasteiger partial charge in [0.05, 0.1) is 6.04 Å². The van der Waals surface area contributed by atoms with Crippen molar-refractivity contribution in [2.24, 2.45) is 5.73 Å². The lowest BCUT2D eigenvalue weighted by atomic mass is 9.78. The number of phenols is 1. The van der Waals surface area contributed by atoms with Crippen molar-refractivity contribution in [3.8, 4) is 5.75 Å². The van der Waals surface area contributed by atoms with Gasteiger partial charge in [0.2, 0.25) is 5.91 Å². The fourth-order valence-corrected chi connectivity index (χ4v) is 4.58. The minimum Gasteiger partial charge on any atom is -0.507 e. The number of pyridine rings is 1. The highest BCUT2D eigenvalue weighted by Crippen LogP contribution is 2.40. The molecule has 1 atom stereocenters. The topological polar surface area (TPSA) is 125 Å². The van der Waals surface area contributed by atoms with E-state index in [-0.39, 0.29) is 34.8 Å². The summed E-state index contributed by atoms with van der Waals surface area (Å²) in [5.74, 6) is -0.560. The van der Waals surface area contributed by atoms with Gasteiger partial charge in [-0.25, -0.2) is 0 Å². The Hall–Kier alpha value is -3.09. The van der Waals surface area contributed by atoms with Gasteiger partial charge in [0.1, 0.15) is 11.3 Å². The largest absolute Gasteiger partial charge is 0.507 e. The molecule has 2 aromatic rings. The predicted molar refractivity (Wildman–Crippen MR) is 133 cm³/mol. The van der Waals surface area contributed by atoms with Gasteiger partial charge in [0, 0.05) is 12.1 Å². The van der Waals surface area contributed by atoms with E-state index < -0.39 is 11.5 Å². The molecule has 0 radical (unpaired) electrons. The molecule has 2 amide bonds. The predicted octanol–water partition coefficient (Wildman–Crippen LogP) is 3.90. The molecule has 1 aliphatic carbocycles. The number of phenolic OH excluding ortho intramolecular Hbond substituents is 1. The van der Waals surface area contributed by atoms with E-state index in [1.54, 1.807) is 0 Å². The fourth-order valence-electron chi connectivity index (χ4n) is 4.58. The van der Waals surface area contributed by atoms with Crippen LogP contribution in [-0.4, -0.2) is 21.9 Å². The highest BCUT2D eigenvalue weighted by Gasteiger charge is 2.27. The number of aromatic hydroxyl groups is 1. The van der Waals surface area contributed by atoms with Crippen LogP contribution in [0, 0.1) is 0 Å². The first-order valence-electron chi connectivity index (χ1n) is 11.9. The Balaban J connectivity index is 1.80. The van der Waals surface area contributed by atoms with Crippen LogP contribution in [0.25, 0.3) is 0 Å². The number of rotatable bonds is 5. The minimum atomic E-state index is -0.781. The SMILES string of the molecule is CC(C)(C)c1cc(CCC(=O)NC2CCCc3[nH]c(=O)c(C(N)=O)cc32)cc(C(C)(C)C)c1O. The Morgan fingerprint density at radius 2 is 1.68 bits per heavy atom. The summed E-state index contributed by atoms with van der Waals surface area (Å²) in [6, 6.07) is 5.24. The Morgan fingerprint density at radius 1 is 1.09 bits per heavy atom. The molecule has 0 saturated heterocycles. The summed E-state index contributed by atoms with van der Waals surface area (Å²) in [5.41, 5.74) is 8.55. The van der Waals surface area contributed by atoms with Crippen molar-refractivity contribution in [1.82, 2.24) is 10.3 Å². The van der Waals surface area contributed by atoms with Crippen molar-refractivity contribution < 1.29 is 14.7 Å². The molecule has 5 N–H and O–H groups in total. The zero-order valence-corrected chi connectivity index (χ0v) is 21.1. The van der Waals surface area contributed by atoms with E-state index >= 15 is 0 Å². The van der Waals surface area contributed by atoms with Crippen LogP contribution < -0.4 is 16.6 Å². The van der Waals surface area contributed by atoms with Gasteiger partial charge in [-0.3, -0.25) is 14.4 Å². The number of nitrogens with two attached hydrogens (primary N) is 1. The molecule has 34 heavy (non-hydrogen) atoms. The van der Waals surface area contributed by atoms with Crippen molar-refractivity contribution in [1.29, 1.82) is 0 Å². The molecule has 7 heteroatoms. The lowest BCUT2D eigenvalue weighted by Gasteiger charge is -2.28. The number of hydrogen-bond donors (Lipinski definition) is 4. The van der Waals surface area contributed by atoms with Crippen LogP contribution in [0.5, 0.6) is 5.75 Å². The molecule has 7 nitrogen and oxygen atoms in total. The highest BCUT2D eigenvalue weighted by atomic mass is 16.3. The normalized spacial score (nSPS) is 16.1. The van der Waals surface area contributed by atoms with Crippen molar-refractivity contribution in [2.45, 2.75) is 90.5 Å². The van der Waals surface area contributed by atoms with Crippen molar-refractivity contribution in [2.75, 3.05) is 0 Å². The van der Waals surface area contributed by atoms with E-state index in [2.05, 4.69) is 51.8 Å². The maximum atomic E-state index is 12.9. The van der Waals surface area contributed by atoms with Crippen LogP contribution in [0.15, 0.2) is 23.0 Å². The number of carbonyl (C=O) groups is 2. The van der Waals surface area contributed by atoms with E-state index in [1.165, 1.54) is 6.07 Å². The fraction of sp³-hybridized carbons (Fsp3) is 0.519. The first-order valence-corrected chi connectivity index (χ1v) is 11.9. The molecule has 3 rings (SSSR count). The quantitative estimate of drug-likeness (QED) is 0.532. The first kappa shape index (κ1) is 25.5. The smallest absolute Gasteiger partial charge is 0.261 e. The Labute approximate surface area is 201 Å². The van der Waals surface area contributed by atoms with E-state index in [0.29, 0.717) is 18.6 Å². The molecule has 0 aliphatic heterocycles. The van der Waals surface area contributed by atoms with Crippen molar-refractivity contribution >= 4 is 11.8 Å². The molecule has 1 aliphatic rings. The molecule has 1 aromatic heterocycles. The highest BCUT2D eigenvalue weighted by molar-refractivity contribution is 5.92. The number of benzene rings is 1. The van der Waals surface area contributed by atoms with Gasteiger partial charge in [-0.15, -0.1) is 0 Å². The number of hydrogen-bond acceptors (Lipinski definition) is 4. The molecule has 1 unspecified atom stereocenters. The summed E-state index contributed by atoms with van der Waals surface area (Å²) >= 11 is 0. The summed E-state index contributed by atoms with van der Waals surface area (Å²) in [4.78, 5) is 39.3. The second kappa shape index (κ2) is 9.28. The average molecular weight is 468 g/mol. The third kappa shape index (κ3) is 5.51. The zero-order valence-electron chi connectivity index (χ0n) is 21.1. The van der Waals surface area contributed by atoms with Crippen molar-refractivity contribution in [3.05, 3.63) is 62.1 Å². The van der Waals surface area contributed by atoms with Crippen molar-refractivity contribution in [3.63, 3.8) is 0 Å². The number of aromatic amines is 1. The number of fused-ring (bicyclic) bond motifs is 1. The molecule has 1 aromatic carbocycles. The molecule has 184 valence electrons. The Morgan fingerprint density at radius 3 is 2.21 bits per heavy atom. The average Bonchev–Trinajstić information content (AvgIpc) is 2.70. The van der Waals surface area contributed by atoms with Gasteiger partial charge in [-0.2, -0.15) is 0 Å². The number of primary amides is 1. The van der Waals surface area contributed by atoms with Crippen LogP contribution >= 0.6 is 0 Å². The third-order valence-corrected chi connectivity index (χ3v) is 6.48. The third-order valence-electron chi connectivity index (χ3n) is 6.48. The second-order valence-corrected chi connectivity index (χ2v) is 11.4. The maximum Gasteiger partial charge on any atom is 0.261 e. The number of nitrogens with one attached hydrogen (secondary N) is 2. The summed E-state index contributed by atoms with van der Waals surface area (Å²) in [6.45, 7) is 12.4. The zero-order chi connectivity index (χ0) is 25.4. The maximum absolute atomic E-state index is 12.9. The Bertz CT molecular complexity index is 1130. The van der Waals surface area contributed by atoms with Gasteiger partial charge in [-0.1, -0.05) is 53.7 Å². The van der Waals surface area contributed by atoms with Gasteiger partial charge in [0.25, 0.3) is 11.5 Å². The minimum absolute atomic E-state index is 0.0894. The van der Waals surface area contributed by atoms with E-state index in [0.717, 1.165) is 40.8 Å². The van der Waals surface area contributed by atoms with Crippen LogP contribution in [0.3, 0.4) is 0 Å². The van der Waals surface area contributed by atoms with E-state index in [9.17, 15) is 19.5 Å². The monoisotopic (exact) mass is 467 g/mol.